The molecule has 1 fully saturated rings. The van der Waals surface area contributed by atoms with Crippen molar-refractivity contribution in [1.82, 2.24) is 15.5 Å². The van der Waals surface area contributed by atoms with Crippen LogP contribution in [0.5, 0.6) is 11.5 Å². The molecule has 0 radical (unpaired) electrons. The van der Waals surface area contributed by atoms with E-state index in [0.717, 1.165) is 18.7 Å². The summed E-state index contributed by atoms with van der Waals surface area (Å²) in [4.78, 5) is 0. The summed E-state index contributed by atoms with van der Waals surface area (Å²) in [6.07, 6.45) is 2.03. The molecule has 0 saturated carbocycles. The van der Waals surface area contributed by atoms with Crippen molar-refractivity contribution in [3.63, 3.8) is 0 Å². The molecule has 2 aromatic rings. The maximum absolute atomic E-state index is 10.2. The van der Waals surface area contributed by atoms with E-state index in [2.05, 4.69) is 48.5 Å². The molecular formula is C20H28N4O2. The van der Waals surface area contributed by atoms with Crippen LogP contribution in [0.1, 0.15) is 40.5 Å². The number of aromatic nitrogens is 2. The summed E-state index contributed by atoms with van der Waals surface area (Å²) in [7, 11) is 1.57. The van der Waals surface area contributed by atoms with Gasteiger partial charge in [0.05, 0.1) is 12.8 Å². The molecule has 0 atom stereocenters. The van der Waals surface area contributed by atoms with Crippen molar-refractivity contribution >= 4 is 5.82 Å². The highest BCUT2D eigenvalue weighted by atomic mass is 16.5. The fourth-order valence-electron chi connectivity index (χ4n) is 4.04. The standard InChI is InChI=1S/C20H28N4O2/c1-19(2)11-13(12-20(3,4)24-19)21-18-9-8-16(22-23-18)15-7-6-14(26-5)10-17(15)25/h6-10,13,24-25H,11-12H2,1-5H3,(H,21,23). The Morgan fingerprint density at radius 1 is 1.08 bits per heavy atom. The quantitative estimate of drug-likeness (QED) is 0.777. The van der Waals surface area contributed by atoms with Crippen molar-refractivity contribution in [3.8, 4) is 22.8 Å². The lowest BCUT2D eigenvalue weighted by Crippen LogP contribution is -2.60. The second kappa shape index (κ2) is 6.76. The molecule has 0 aliphatic carbocycles. The van der Waals surface area contributed by atoms with Crippen LogP contribution < -0.4 is 15.4 Å². The van der Waals surface area contributed by atoms with E-state index < -0.39 is 0 Å². The number of phenolic OH excluding ortho intramolecular Hbond substituents is 1. The number of hydrogen-bond acceptors (Lipinski definition) is 6. The van der Waals surface area contributed by atoms with Gasteiger partial charge in [-0.05, 0) is 64.8 Å². The number of methoxy groups -OCH3 is 1. The van der Waals surface area contributed by atoms with Gasteiger partial charge in [0.25, 0.3) is 0 Å². The van der Waals surface area contributed by atoms with Crippen molar-refractivity contribution in [3.05, 3.63) is 30.3 Å². The smallest absolute Gasteiger partial charge is 0.148 e. The fraction of sp³-hybridized carbons (Fsp3) is 0.500. The molecule has 0 unspecified atom stereocenters. The normalized spacial score (nSPS) is 19.1. The highest BCUT2D eigenvalue weighted by Crippen LogP contribution is 2.32. The van der Waals surface area contributed by atoms with Gasteiger partial charge in [0.1, 0.15) is 17.3 Å². The minimum atomic E-state index is 0.0711. The molecule has 1 aliphatic rings. The molecule has 140 valence electrons. The van der Waals surface area contributed by atoms with E-state index in [4.69, 9.17) is 4.74 Å². The molecule has 3 rings (SSSR count). The molecular weight excluding hydrogens is 328 g/mol. The van der Waals surface area contributed by atoms with Gasteiger partial charge in [0, 0.05) is 28.7 Å². The summed E-state index contributed by atoms with van der Waals surface area (Å²) in [5.41, 5.74) is 1.40. The molecule has 26 heavy (non-hydrogen) atoms. The molecule has 1 saturated heterocycles. The van der Waals surface area contributed by atoms with Crippen molar-refractivity contribution in [2.24, 2.45) is 0 Å². The summed E-state index contributed by atoms with van der Waals surface area (Å²) in [5, 5.41) is 25.9. The second-order valence-electron chi connectivity index (χ2n) is 8.33. The van der Waals surface area contributed by atoms with E-state index in [0.29, 0.717) is 23.0 Å². The predicted molar refractivity (Wildman–Crippen MR) is 104 cm³/mol. The van der Waals surface area contributed by atoms with Crippen LogP contribution >= 0.6 is 0 Å². The summed E-state index contributed by atoms with van der Waals surface area (Å²) in [5.74, 6) is 1.48. The number of anilines is 1. The number of piperidine rings is 1. The third kappa shape index (κ3) is 4.25. The van der Waals surface area contributed by atoms with Gasteiger partial charge < -0.3 is 20.5 Å². The highest BCUT2D eigenvalue weighted by molar-refractivity contribution is 5.68. The fourth-order valence-corrected chi connectivity index (χ4v) is 4.04. The van der Waals surface area contributed by atoms with Crippen molar-refractivity contribution < 1.29 is 9.84 Å². The number of hydrogen-bond donors (Lipinski definition) is 3. The van der Waals surface area contributed by atoms with Crippen LogP contribution in [0.15, 0.2) is 30.3 Å². The Hall–Kier alpha value is -2.34. The van der Waals surface area contributed by atoms with E-state index in [-0.39, 0.29) is 16.8 Å². The average Bonchev–Trinajstić information content (AvgIpc) is 2.52. The molecule has 2 heterocycles. The van der Waals surface area contributed by atoms with Crippen LogP contribution in [0.25, 0.3) is 11.3 Å². The first-order chi connectivity index (χ1) is 12.2. The number of phenols is 1. The third-order valence-electron chi connectivity index (χ3n) is 4.69. The predicted octanol–water partition coefficient (Wildman–Crippen LogP) is 3.58. The Morgan fingerprint density at radius 3 is 2.31 bits per heavy atom. The lowest BCUT2D eigenvalue weighted by atomic mass is 9.79. The van der Waals surface area contributed by atoms with Crippen LogP contribution in [0, 0.1) is 0 Å². The maximum atomic E-state index is 10.2. The Morgan fingerprint density at radius 2 is 1.77 bits per heavy atom. The maximum Gasteiger partial charge on any atom is 0.148 e. The van der Waals surface area contributed by atoms with Crippen LogP contribution in [0.2, 0.25) is 0 Å². The Bertz CT molecular complexity index is 756. The highest BCUT2D eigenvalue weighted by Gasteiger charge is 2.37. The SMILES string of the molecule is COc1ccc(-c2ccc(NC3CC(C)(C)NC(C)(C)C3)nn2)c(O)c1. The van der Waals surface area contributed by atoms with E-state index in [9.17, 15) is 5.11 Å². The summed E-state index contributed by atoms with van der Waals surface area (Å²) in [6.45, 7) is 8.90. The third-order valence-corrected chi connectivity index (χ3v) is 4.69. The molecule has 6 heteroatoms. The van der Waals surface area contributed by atoms with Crippen LogP contribution in [-0.4, -0.2) is 39.5 Å². The molecule has 0 amide bonds. The second-order valence-corrected chi connectivity index (χ2v) is 8.33. The van der Waals surface area contributed by atoms with E-state index in [1.54, 1.807) is 25.3 Å². The first-order valence-corrected chi connectivity index (χ1v) is 8.94. The van der Waals surface area contributed by atoms with Gasteiger partial charge in [-0.1, -0.05) is 0 Å². The number of rotatable bonds is 4. The average molecular weight is 356 g/mol. The van der Waals surface area contributed by atoms with Gasteiger partial charge in [-0.3, -0.25) is 0 Å². The van der Waals surface area contributed by atoms with Crippen molar-refractivity contribution in [2.45, 2.75) is 57.7 Å². The van der Waals surface area contributed by atoms with E-state index in [1.165, 1.54) is 0 Å². The Kier molecular flexibility index (Phi) is 4.80. The zero-order valence-corrected chi connectivity index (χ0v) is 16.1. The van der Waals surface area contributed by atoms with E-state index >= 15 is 0 Å². The molecule has 6 nitrogen and oxygen atoms in total. The number of ether oxygens (including phenoxy) is 1. The minimum Gasteiger partial charge on any atom is -0.507 e. The lowest BCUT2D eigenvalue weighted by molar-refractivity contribution is 0.170. The summed E-state index contributed by atoms with van der Waals surface area (Å²) >= 11 is 0. The van der Waals surface area contributed by atoms with Crippen LogP contribution in [0.3, 0.4) is 0 Å². The molecule has 0 spiro atoms. The molecule has 1 aromatic carbocycles. The van der Waals surface area contributed by atoms with Crippen molar-refractivity contribution in [1.29, 1.82) is 0 Å². The van der Waals surface area contributed by atoms with Crippen molar-refractivity contribution in [2.75, 3.05) is 12.4 Å². The van der Waals surface area contributed by atoms with Gasteiger partial charge in [0.15, 0.2) is 0 Å². The number of benzene rings is 1. The van der Waals surface area contributed by atoms with Gasteiger partial charge in [-0.15, -0.1) is 10.2 Å². The monoisotopic (exact) mass is 356 g/mol. The number of nitrogens with zero attached hydrogens (tertiary/aromatic N) is 2. The van der Waals surface area contributed by atoms with Crippen LogP contribution in [-0.2, 0) is 0 Å². The minimum absolute atomic E-state index is 0.0711. The number of aromatic hydroxyl groups is 1. The zero-order chi connectivity index (χ0) is 18.9. The molecule has 1 aromatic heterocycles. The largest absolute Gasteiger partial charge is 0.507 e. The first-order valence-electron chi connectivity index (χ1n) is 8.94. The van der Waals surface area contributed by atoms with Gasteiger partial charge in [-0.2, -0.15) is 0 Å². The summed E-state index contributed by atoms with van der Waals surface area (Å²) in [6, 6.07) is 9.26. The molecule has 3 N–H and O–H groups in total. The van der Waals surface area contributed by atoms with Gasteiger partial charge >= 0.3 is 0 Å². The molecule has 1 aliphatic heterocycles. The van der Waals surface area contributed by atoms with E-state index in [1.807, 2.05) is 12.1 Å². The Labute approximate surface area is 155 Å². The Balaban J connectivity index is 1.74. The van der Waals surface area contributed by atoms with Gasteiger partial charge in [0.2, 0.25) is 0 Å². The molecule has 0 bridgehead atoms. The van der Waals surface area contributed by atoms with Gasteiger partial charge in [-0.25, -0.2) is 0 Å². The van der Waals surface area contributed by atoms with Crippen LogP contribution in [0.4, 0.5) is 5.82 Å². The first kappa shape index (κ1) is 18.5. The zero-order valence-electron chi connectivity index (χ0n) is 16.1. The lowest BCUT2D eigenvalue weighted by Gasteiger charge is -2.46. The number of nitrogens with one attached hydrogen (secondary N) is 2. The topological polar surface area (TPSA) is 79.3 Å². The summed E-state index contributed by atoms with van der Waals surface area (Å²) < 4.78 is 5.11.